The van der Waals surface area contributed by atoms with Crippen LogP contribution in [-0.2, 0) is 9.53 Å². The van der Waals surface area contributed by atoms with E-state index in [4.69, 9.17) is 4.74 Å². The minimum Gasteiger partial charge on any atom is -0.383 e. The maximum Gasteiger partial charge on any atom is 0.311 e. The van der Waals surface area contributed by atoms with Gasteiger partial charge < -0.3 is 15.4 Å². The molecule has 1 heterocycles. The molecule has 9 heteroatoms. The summed E-state index contributed by atoms with van der Waals surface area (Å²) in [6, 6.07) is -0.635. The Morgan fingerprint density at radius 3 is 2.90 bits per heavy atom. The van der Waals surface area contributed by atoms with Crippen molar-refractivity contribution in [3.8, 4) is 0 Å². The van der Waals surface area contributed by atoms with Gasteiger partial charge in [-0.05, 0) is 22.9 Å². The van der Waals surface area contributed by atoms with Crippen LogP contribution in [0.1, 0.15) is 6.92 Å². The van der Waals surface area contributed by atoms with E-state index in [2.05, 4.69) is 31.5 Å². The van der Waals surface area contributed by atoms with Crippen molar-refractivity contribution in [1.82, 2.24) is 10.3 Å². The summed E-state index contributed by atoms with van der Waals surface area (Å²) in [4.78, 5) is 25.9. The first-order valence-electron chi connectivity index (χ1n) is 5.78. The Kier molecular flexibility index (Phi) is 6.32. The van der Waals surface area contributed by atoms with E-state index in [1.165, 1.54) is 13.3 Å². The number of aromatic nitrogens is 1. The van der Waals surface area contributed by atoms with Crippen molar-refractivity contribution in [1.29, 1.82) is 0 Å². The Morgan fingerprint density at radius 2 is 2.30 bits per heavy atom. The summed E-state index contributed by atoms with van der Waals surface area (Å²) in [6.45, 7) is 2.39. The van der Waals surface area contributed by atoms with Crippen LogP contribution < -0.4 is 10.6 Å². The Morgan fingerprint density at radius 1 is 1.60 bits per heavy atom. The van der Waals surface area contributed by atoms with E-state index in [9.17, 15) is 14.9 Å². The van der Waals surface area contributed by atoms with E-state index in [1.807, 2.05) is 0 Å². The predicted octanol–water partition coefficient (Wildman–Crippen LogP) is 1.32. The van der Waals surface area contributed by atoms with Crippen LogP contribution in [0.3, 0.4) is 0 Å². The average molecular weight is 347 g/mol. The number of hydrogen-bond donors (Lipinski definition) is 2. The van der Waals surface area contributed by atoms with E-state index in [1.54, 1.807) is 6.92 Å². The molecule has 1 unspecified atom stereocenters. The minimum absolute atomic E-state index is 0.198. The molecule has 0 aliphatic carbocycles. The van der Waals surface area contributed by atoms with Gasteiger partial charge in [-0.1, -0.05) is 0 Å². The zero-order valence-electron chi connectivity index (χ0n) is 11.1. The molecule has 1 rings (SSSR count). The van der Waals surface area contributed by atoms with Crippen LogP contribution in [-0.4, -0.2) is 42.1 Å². The SMILES string of the molecule is COCCNC(=O)C(C)Nc1c(Br)cncc1[N+](=O)[O-]. The van der Waals surface area contributed by atoms with Crippen molar-refractivity contribution in [2.75, 3.05) is 25.6 Å². The summed E-state index contributed by atoms with van der Waals surface area (Å²) in [5, 5.41) is 16.4. The van der Waals surface area contributed by atoms with Crippen LogP contribution in [0.25, 0.3) is 0 Å². The van der Waals surface area contributed by atoms with Crippen LogP contribution in [0.5, 0.6) is 0 Å². The number of nitro groups is 1. The maximum atomic E-state index is 11.8. The van der Waals surface area contributed by atoms with Crippen molar-refractivity contribution in [2.24, 2.45) is 0 Å². The van der Waals surface area contributed by atoms with Crippen molar-refractivity contribution >= 4 is 33.2 Å². The zero-order valence-corrected chi connectivity index (χ0v) is 12.6. The zero-order chi connectivity index (χ0) is 15.1. The summed E-state index contributed by atoms with van der Waals surface area (Å²) in [7, 11) is 1.53. The molecule has 0 aliphatic heterocycles. The molecule has 1 aromatic heterocycles. The van der Waals surface area contributed by atoms with Gasteiger partial charge in [0, 0.05) is 19.9 Å². The third-order valence-electron chi connectivity index (χ3n) is 2.44. The molecule has 8 nitrogen and oxygen atoms in total. The number of pyridine rings is 1. The second-order valence-corrected chi connectivity index (χ2v) is 4.78. The minimum atomic E-state index is -0.635. The number of carbonyl (C=O) groups is 1. The fourth-order valence-corrected chi connectivity index (χ4v) is 1.85. The lowest BCUT2D eigenvalue weighted by Crippen LogP contribution is -2.39. The molecule has 1 amide bonds. The monoisotopic (exact) mass is 346 g/mol. The van der Waals surface area contributed by atoms with Gasteiger partial charge in [0.1, 0.15) is 17.9 Å². The van der Waals surface area contributed by atoms with Crippen LogP contribution in [0, 0.1) is 10.1 Å². The normalized spacial score (nSPS) is 11.8. The number of nitrogens with one attached hydrogen (secondary N) is 2. The number of amides is 1. The van der Waals surface area contributed by atoms with Gasteiger partial charge in [-0.15, -0.1) is 0 Å². The molecular weight excluding hydrogens is 332 g/mol. The quantitative estimate of drug-likeness (QED) is 0.438. The summed E-state index contributed by atoms with van der Waals surface area (Å²) in [5.74, 6) is -0.278. The van der Waals surface area contributed by atoms with Gasteiger partial charge in [0.15, 0.2) is 0 Å². The van der Waals surface area contributed by atoms with E-state index in [0.29, 0.717) is 17.6 Å². The van der Waals surface area contributed by atoms with Crippen LogP contribution in [0.15, 0.2) is 16.9 Å². The molecule has 2 N–H and O–H groups in total. The smallest absolute Gasteiger partial charge is 0.311 e. The summed E-state index contributed by atoms with van der Waals surface area (Å²) >= 11 is 3.18. The third-order valence-corrected chi connectivity index (χ3v) is 3.04. The second-order valence-electron chi connectivity index (χ2n) is 3.92. The predicted molar refractivity (Wildman–Crippen MR) is 76.6 cm³/mol. The van der Waals surface area contributed by atoms with Crippen molar-refractivity contribution < 1.29 is 14.5 Å². The largest absolute Gasteiger partial charge is 0.383 e. The van der Waals surface area contributed by atoms with Crippen molar-refractivity contribution in [3.05, 3.63) is 27.0 Å². The van der Waals surface area contributed by atoms with Gasteiger partial charge >= 0.3 is 5.69 Å². The fourth-order valence-electron chi connectivity index (χ4n) is 1.42. The number of methoxy groups -OCH3 is 1. The molecule has 110 valence electrons. The molecule has 0 saturated heterocycles. The fraction of sp³-hybridized carbons (Fsp3) is 0.455. The number of ether oxygens (including phenoxy) is 1. The number of anilines is 1. The highest BCUT2D eigenvalue weighted by molar-refractivity contribution is 9.10. The first-order chi connectivity index (χ1) is 9.47. The lowest BCUT2D eigenvalue weighted by atomic mass is 10.2. The lowest BCUT2D eigenvalue weighted by Gasteiger charge is -2.16. The number of nitrogens with zero attached hydrogens (tertiary/aromatic N) is 2. The summed E-state index contributed by atoms with van der Waals surface area (Å²) in [5.41, 5.74) is 0.0234. The first kappa shape index (κ1) is 16.3. The number of rotatable bonds is 7. The average Bonchev–Trinajstić information content (AvgIpc) is 2.40. The molecular formula is C11H15BrN4O4. The van der Waals surface area contributed by atoms with Gasteiger partial charge in [0.05, 0.1) is 16.0 Å². The molecule has 1 aromatic rings. The van der Waals surface area contributed by atoms with Gasteiger partial charge in [-0.2, -0.15) is 0 Å². The molecule has 0 saturated carbocycles. The highest BCUT2D eigenvalue weighted by Gasteiger charge is 2.21. The Balaban J connectivity index is 2.77. The van der Waals surface area contributed by atoms with Crippen LogP contribution in [0.4, 0.5) is 11.4 Å². The molecule has 0 bridgehead atoms. The van der Waals surface area contributed by atoms with Gasteiger partial charge in [0.25, 0.3) is 0 Å². The molecule has 0 radical (unpaired) electrons. The highest BCUT2D eigenvalue weighted by atomic mass is 79.9. The number of halogens is 1. The van der Waals surface area contributed by atoms with Gasteiger partial charge in [-0.3, -0.25) is 19.9 Å². The van der Waals surface area contributed by atoms with Gasteiger partial charge in [0.2, 0.25) is 5.91 Å². The molecule has 0 aromatic carbocycles. The van der Waals surface area contributed by atoms with Crippen molar-refractivity contribution in [2.45, 2.75) is 13.0 Å². The molecule has 20 heavy (non-hydrogen) atoms. The molecule has 0 fully saturated rings. The Hall–Kier alpha value is -1.74. The highest BCUT2D eigenvalue weighted by Crippen LogP contribution is 2.31. The molecule has 1 atom stereocenters. The van der Waals surface area contributed by atoms with Crippen molar-refractivity contribution in [3.63, 3.8) is 0 Å². The maximum absolute atomic E-state index is 11.8. The van der Waals surface area contributed by atoms with E-state index in [0.717, 1.165) is 6.20 Å². The van der Waals surface area contributed by atoms with E-state index < -0.39 is 11.0 Å². The van der Waals surface area contributed by atoms with E-state index in [-0.39, 0.29) is 17.3 Å². The van der Waals surface area contributed by atoms with Crippen LogP contribution >= 0.6 is 15.9 Å². The third kappa shape index (κ3) is 4.42. The Labute approximate surface area is 124 Å². The summed E-state index contributed by atoms with van der Waals surface area (Å²) < 4.78 is 5.24. The lowest BCUT2D eigenvalue weighted by molar-refractivity contribution is -0.384. The molecule has 0 aliphatic rings. The topological polar surface area (TPSA) is 106 Å². The summed E-state index contributed by atoms with van der Waals surface area (Å²) in [6.07, 6.45) is 2.55. The molecule has 0 spiro atoms. The number of hydrogen-bond acceptors (Lipinski definition) is 6. The van der Waals surface area contributed by atoms with Crippen LogP contribution in [0.2, 0.25) is 0 Å². The van der Waals surface area contributed by atoms with Gasteiger partial charge in [-0.25, -0.2) is 0 Å². The Bertz CT molecular complexity index is 497. The first-order valence-corrected chi connectivity index (χ1v) is 6.57. The number of carbonyl (C=O) groups excluding carboxylic acids is 1. The second kappa shape index (κ2) is 7.75. The standard InChI is InChI=1S/C11H15BrN4O4/c1-7(11(17)14-3-4-20-2)15-10-8(12)5-13-6-9(10)16(18)19/h5-7H,3-4H2,1-2H3,(H,13,15)(H,14,17). The van der Waals surface area contributed by atoms with E-state index >= 15 is 0 Å².